The van der Waals surface area contributed by atoms with Crippen LogP contribution < -0.4 is 0 Å². The first-order chi connectivity index (χ1) is 9.78. The normalized spacial score (nSPS) is 13.1. The smallest absolute Gasteiger partial charge is 0.235 e. The van der Waals surface area contributed by atoms with Gasteiger partial charge in [0.15, 0.2) is 0 Å². The second kappa shape index (κ2) is 14.1. The van der Waals surface area contributed by atoms with Gasteiger partial charge >= 0.3 is 0 Å². The predicted octanol–water partition coefficient (Wildman–Crippen LogP) is 2.03. The minimum Gasteiger partial charge on any atom is -0.376 e. The highest BCUT2D eigenvalue weighted by Gasteiger charge is 2.06. The molecule has 0 aliphatic heterocycles. The van der Waals surface area contributed by atoms with Crippen molar-refractivity contribution in [1.29, 1.82) is 0 Å². The van der Waals surface area contributed by atoms with E-state index in [1.54, 1.807) is 0 Å². The van der Waals surface area contributed by atoms with E-state index in [0.717, 1.165) is 25.7 Å². The molecule has 2 atom stereocenters. The maximum Gasteiger partial charge on any atom is 0.235 e. The Labute approximate surface area is 120 Å². The molecule has 0 aliphatic carbocycles. The lowest BCUT2D eigenvalue weighted by atomic mass is 10.2. The van der Waals surface area contributed by atoms with Gasteiger partial charge in [-0.25, -0.2) is 19.6 Å². The third-order valence-electron chi connectivity index (χ3n) is 2.88. The summed E-state index contributed by atoms with van der Waals surface area (Å²) in [6.45, 7) is 5.98. The number of unbranched alkanes of at least 4 members (excludes halogenated alkanes) is 1. The minimum absolute atomic E-state index is 0.0114. The molecule has 2 unspecified atom stereocenters. The van der Waals surface area contributed by atoms with E-state index in [-0.39, 0.29) is 12.2 Å². The first-order valence-corrected chi connectivity index (χ1v) is 7.08. The standard InChI is InChI=1S/C14H24N2O4/c1-3-13(9-15-11-17)19-7-5-6-8-20-14(4-2)10-16-12-18/h13-14H,3-10H2,1-2H3. The molecule has 0 spiro atoms. The zero-order chi connectivity index (χ0) is 15.1. The minimum atomic E-state index is -0.0114. The Balaban J connectivity index is 3.59. The summed E-state index contributed by atoms with van der Waals surface area (Å²) in [7, 11) is 0. The molecule has 0 saturated heterocycles. The van der Waals surface area contributed by atoms with Gasteiger partial charge in [0.05, 0.1) is 25.3 Å². The van der Waals surface area contributed by atoms with Crippen molar-refractivity contribution in [1.82, 2.24) is 0 Å². The molecule has 0 fully saturated rings. The van der Waals surface area contributed by atoms with Crippen LogP contribution >= 0.6 is 0 Å². The van der Waals surface area contributed by atoms with Gasteiger partial charge in [0.1, 0.15) is 0 Å². The SMILES string of the molecule is CCC(CN=C=O)OCCCCOC(CC)CN=C=O. The van der Waals surface area contributed by atoms with Gasteiger partial charge in [-0.3, -0.25) is 0 Å². The molecule has 6 nitrogen and oxygen atoms in total. The first-order valence-electron chi connectivity index (χ1n) is 7.08. The molecular weight excluding hydrogens is 260 g/mol. The van der Waals surface area contributed by atoms with Crippen molar-refractivity contribution in [3.8, 4) is 0 Å². The van der Waals surface area contributed by atoms with E-state index in [1.165, 1.54) is 12.2 Å². The molecule has 0 aromatic carbocycles. The van der Waals surface area contributed by atoms with Crippen molar-refractivity contribution in [2.24, 2.45) is 9.98 Å². The van der Waals surface area contributed by atoms with Crippen LogP contribution in [0.4, 0.5) is 0 Å². The average molecular weight is 284 g/mol. The molecule has 0 bridgehead atoms. The lowest BCUT2D eigenvalue weighted by Crippen LogP contribution is -2.18. The molecule has 6 heteroatoms. The van der Waals surface area contributed by atoms with E-state index in [0.29, 0.717) is 26.3 Å². The molecule has 20 heavy (non-hydrogen) atoms. The van der Waals surface area contributed by atoms with E-state index in [9.17, 15) is 9.59 Å². The summed E-state index contributed by atoms with van der Waals surface area (Å²) in [5, 5.41) is 0. The molecule has 0 amide bonds. The van der Waals surface area contributed by atoms with E-state index < -0.39 is 0 Å². The van der Waals surface area contributed by atoms with Gasteiger partial charge in [-0.2, -0.15) is 0 Å². The Hall–Kier alpha value is -1.32. The number of ether oxygens (including phenoxy) is 2. The summed E-state index contributed by atoms with van der Waals surface area (Å²) >= 11 is 0. The summed E-state index contributed by atoms with van der Waals surface area (Å²) in [5.41, 5.74) is 0. The number of isocyanates is 2. The van der Waals surface area contributed by atoms with E-state index in [1.807, 2.05) is 13.8 Å². The number of nitrogens with zero attached hydrogens (tertiary/aromatic N) is 2. The number of hydrogen-bond acceptors (Lipinski definition) is 6. The van der Waals surface area contributed by atoms with Gasteiger partial charge in [0, 0.05) is 13.2 Å². The highest BCUT2D eigenvalue weighted by molar-refractivity contribution is 5.33. The van der Waals surface area contributed by atoms with Crippen molar-refractivity contribution < 1.29 is 19.1 Å². The fourth-order valence-corrected chi connectivity index (χ4v) is 1.58. The van der Waals surface area contributed by atoms with Gasteiger partial charge < -0.3 is 9.47 Å². The van der Waals surface area contributed by atoms with Crippen LogP contribution in [0, 0.1) is 0 Å². The Kier molecular flexibility index (Phi) is 13.2. The van der Waals surface area contributed by atoms with Crippen LogP contribution in [0.15, 0.2) is 9.98 Å². The van der Waals surface area contributed by atoms with Gasteiger partial charge in [-0.05, 0) is 25.7 Å². The Morgan fingerprint density at radius 2 is 1.25 bits per heavy atom. The number of carbonyl (C=O) groups excluding carboxylic acids is 2. The van der Waals surface area contributed by atoms with E-state index in [4.69, 9.17) is 9.47 Å². The highest BCUT2D eigenvalue weighted by Crippen LogP contribution is 2.03. The van der Waals surface area contributed by atoms with Gasteiger partial charge in [0.25, 0.3) is 0 Å². The number of rotatable bonds is 13. The van der Waals surface area contributed by atoms with Gasteiger partial charge in [-0.15, -0.1) is 0 Å². The lowest BCUT2D eigenvalue weighted by molar-refractivity contribution is 0.0329. The topological polar surface area (TPSA) is 77.3 Å². The molecule has 0 N–H and O–H groups in total. The van der Waals surface area contributed by atoms with Crippen LogP contribution in [-0.2, 0) is 19.1 Å². The largest absolute Gasteiger partial charge is 0.376 e. The Morgan fingerprint density at radius 1 is 0.850 bits per heavy atom. The maximum atomic E-state index is 10.0. The van der Waals surface area contributed by atoms with Crippen LogP contribution in [0.25, 0.3) is 0 Å². The molecule has 0 heterocycles. The molecule has 0 rings (SSSR count). The summed E-state index contributed by atoms with van der Waals surface area (Å²) in [4.78, 5) is 27.1. The first kappa shape index (κ1) is 18.7. The molecule has 0 radical (unpaired) electrons. The van der Waals surface area contributed by atoms with Crippen molar-refractivity contribution in [3.63, 3.8) is 0 Å². The predicted molar refractivity (Wildman–Crippen MR) is 75.3 cm³/mol. The summed E-state index contributed by atoms with van der Waals surface area (Å²) < 4.78 is 11.2. The molecule has 0 aromatic heterocycles. The average Bonchev–Trinajstić information content (AvgIpc) is 2.48. The van der Waals surface area contributed by atoms with Crippen LogP contribution in [0.5, 0.6) is 0 Å². The molecule has 0 aliphatic rings. The second-order valence-corrected chi connectivity index (χ2v) is 4.37. The summed E-state index contributed by atoms with van der Waals surface area (Å²) in [5.74, 6) is 0. The lowest BCUT2D eigenvalue weighted by Gasteiger charge is -2.14. The highest BCUT2D eigenvalue weighted by atomic mass is 16.5. The van der Waals surface area contributed by atoms with Crippen LogP contribution in [0.2, 0.25) is 0 Å². The number of aliphatic imine (C=N–C) groups is 2. The Morgan fingerprint density at radius 3 is 1.55 bits per heavy atom. The van der Waals surface area contributed by atoms with Crippen LogP contribution in [-0.4, -0.2) is 50.7 Å². The van der Waals surface area contributed by atoms with E-state index >= 15 is 0 Å². The van der Waals surface area contributed by atoms with Crippen molar-refractivity contribution in [2.45, 2.75) is 51.7 Å². The molecular formula is C14H24N2O4. The second-order valence-electron chi connectivity index (χ2n) is 4.37. The van der Waals surface area contributed by atoms with Crippen molar-refractivity contribution in [2.75, 3.05) is 26.3 Å². The zero-order valence-corrected chi connectivity index (χ0v) is 12.3. The molecule has 114 valence electrons. The maximum absolute atomic E-state index is 10.0. The summed E-state index contributed by atoms with van der Waals surface area (Å²) in [6.07, 6.45) is 6.43. The van der Waals surface area contributed by atoms with Gasteiger partial charge in [0.2, 0.25) is 12.2 Å². The fourth-order valence-electron chi connectivity index (χ4n) is 1.58. The third kappa shape index (κ3) is 10.6. The third-order valence-corrected chi connectivity index (χ3v) is 2.88. The number of hydrogen-bond donors (Lipinski definition) is 0. The quantitative estimate of drug-likeness (QED) is 0.294. The Bertz CT molecular complexity index is 291. The van der Waals surface area contributed by atoms with Crippen molar-refractivity contribution in [3.05, 3.63) is 0 Å². The van der Waals surface area contributed by atoms with Crippen LogP contribution in [0.3, 0.4) is 0 Å². The molecule has 0 aromatic rings. The summed E-state index contributed by atoms with van der Waals surface area (Å²) in [6, 6.07) is 0. The zero-order valence-electron chi connectivity index (χ0n) is 12.3. The van der Waals surface area contributed by atoms with E-state index in [2.05, 4.69) is 9.98 Å². The van der Waals surface area contributed by atoms with Gasteiger partial charge in [-0.1, -0.05) is 13.8 Å². The monoisotopic (exact) mass is 284 g/mol. The van der Waals surface area contributed by atoms with Crippen molar-refractivity contribution >= 4 is 12.2 Å². The molecule has 0 saturated carbocycles. The van der Waals surface area contributed by atoms with Crippen LogP contribution in [0.1, 0.15) is 39.5 Å². The fraction of sp³-hybridized carbons (Fsp3) is 0.857.